The van der Waals surface area contributed by atoms with Gasteiger partial charge in [0.1, 0.15) is 5.82 Å². The minimum absolute atomic E-state index is 0.0283. The van der Waals surface area contributed by atoms with Crippen LogP contribution >= 0.6 is 15.9 Å². The molecule has 0 amide bonds. The molecule has 0 aromatic heterocycles. The van der Waals surface area contributed by atoms with Crippen LogP contribution in [0, 0.1) is 15.9 Å². The van der Waals surface area contributed by atoms with Gasteiger partial charge < -0.3 is 5.73 Å². The van der Waals surface area contributed by atoms with E-state index < -0.39 is 16.8 Å². The maximum atomic E-state index is 13.5. The lowest BCUT2D eigenvalue weighted by molar-refractivity contribution is -0.385. The van der Waals surface area contributed by atoms with Crippen LogP contribution in [0.15, 0.2) is 46.9 Å². The zero-order chi connectivity index (χ0) is 14.7. The molecule has 0 aliphatic carbocycles. The number of hydrogen-bond acceptors (Lipinski definition) is 3. The number of nitrogens with two attached hydrogens (primary N) is 1. The van der Waals surface area contributed by atoms with E-state index in [1.165, 1.54) is 12.1 Å². The van der Waals surface area contributed by atoms with Gasteiger partial charge in [-0.2, -0.15) is 0 Å². The monoisotopic (exact) mass is 338 g/mol. The number of nitro groups is 1. The predicted octanol–water partition coefficient (Wildman–Crippen LogP) is 3.74. The number of benzene rings is 2. The molecule has 2 aromatic rings. The van der Waals surface area contributed by atoms with E-state index in [2.05, 4.69) is 15.9 Å². The van der Waals surface area contributed by atoms with Crippen LogP contribution in [0.4, 0.5) is 10.1 Å². The highest BCUT2D eigenvalue weighted by atomic mass is 79.9. The Morgan fingerprint density at radius 1 is 1.30 bits per heavy atom. The van der Waals surface area contributed by atoms with Crippen molar-refractivity contribution in [1.29, 1.82) is 0 Å². The summed E-state index contributed by atoms with van der Waals surface area (Å²) in [5.41, 5.74) is 7.17. The summed E-state index contributed by atoms with van der Waals surface area (Å²) >= 11 is 3.07. The van der Waals surface area contributed by atoms with Gasteiger partial charge in [-0.15, -0.1) is 0 Å². The van der Waals surface area contributed by atoms with Gasteiger partial charge in [-0.1, -0.05) is 24.3 Å². The van der Waals surface area contributed by atoms with E-state index >= 15 is 0 Å². The van der Waals surface area contributed by atoms with Gasteiger partial charge in [-0.25, -0.2) is 4.39 Å². The first-order valence-corrected chi connectivity index (χ1v) is 6.71. The van der Waals surface area contributed by atoms with Crippen molar-refractivity contribution >= 4 is 21.6 Å². The SMILES string of the molecule is NC(Cc1ccccc1[N+](=O)[O-])c1ccc(Br)c(F)c1. The van der Waals surface area contributed by atoms with Crippen LogP contribution in [0.2, 0.25) is 0 Å². The van der Waals surface area contributed by atoms with E-state index in [1.54, 1.807) is 30.3 Å². The molecule has 2 rings (SSSR count). The molecule has 0 aliphatic heterocycles. The molecule has 0 radical (unpaired) electrons. The fourth-order valence-corrected chi connectivity index (χ4v) is 2.21. The van der Waals surface area contributed by atoms with Gasteiger partial charge in [0.25, 0.3) is 5.69 Å². The third kappa shape index (κ3) is 3.20. The average molecular weight is 339 g/mol. The quantitative estimate of drug-likeness (QED) is 0.681. The number of nitro benzene ring substituents is 1. The van der Waals surface area contributed by atoms with E-state index in [4.69, 9.17) is 5.73 Å². The molecular weight excluding hydrogens is 327 g/mol. The van der Waals surface area contributed by atoms with Gasteiger partial charge in [-0.05, 0) is 40.0 Å². The van der Waals surface area contributed by atoms with Crippen molar-refractivity contribution in [2.75, 3.05) is 0 Å². The highest BCUT2D eigenvalue weighted by molar-refractivity contribution is 9.10. The normalized spacial score (nSPS) is 12.2. The minimum Gasteiger partial charge on any atom is -0.324 e. The van der Waals surface area contributed by atoms with Gasteiger partial charge in [-0.3, -0.25) is 10.1 Å². The average Bonchev–Trinajstić information content (AvgIpc) is 2.42. The maximum Gasteiger partial charge on any atom is 0.272 e. The number of rotatable bonds is 4. The van der Waals surface area contributed by atoms with Gasteiger partial charge in [0, 0.05) is 17.7 Å². The topological polar surface area (TPSA) is 69.2 Å². The molecular formula is C14H12BrFN2O2. The van der Waals surface area contributed by atoms with E-state index in [0.717, 1.165) is 0 Å². The summed E-state index contributed by atoms with van der Waals surface area (Å²) in [7, 11) is 0. The predicted molar refractivity (Wildman–Crippen MR) is 77.8 cm³/mol. The first-order chi connectivity index (χ1) is 9.49. The highest BCUT2D eigenvalue weighted by Gasteiger charge is 2.17. The van der Waals surface area contributed by atoms with Gasteiger partial charge in [0.05, 0.1) is 9.40 Å². The lowest BCUT2D eigenvalue weighted by Crippen LogP contribution is -2.14. The van der Waals surface area contributed by atoms with Crippen molar-refractivity contribution in [1.82, 2.24) is 0 Å². The Bertz CT molecular complexity index is 649. The van der Waals surface area contributed by atoms with Gasteiger partial charge in [0.2, 0.25) is 0 Å². The van der Waals surface area contributed by atoms with Crippen LogP contribution in [0.5, 0.6) is 0 Å². The van der Waals surface area contributed by atoms with Gasteiger partial charge in [0.15, 0.2) is 0 Å². The van der Waals surface area contributed by atoms with Crippen molar-refractivity contribution in [3.63, 3.8) is 0 Å². The second-order valence-corrected chi connectivity index (χ2v) is 5.22. The molecule has 4 nitrogen and oxygen atoms in total. The molecule has 1 unspecified atom stereocenters. The molecule has 6 heteroatoms. The first-order valence-electron chi connectivity index (χ1n) is 5.92. The summed E-state index contributed by atoms with van der Waals surface area (Å²) < 4.78 is 13.8. The van der Waals surface area contributed by atoms with Crippen molar-refractivity contribution in [2.45, 2.75) is 12.5 Å². The first kappa shape index (κ1) is 14.6. The maximum absolute atomic E-state index is 13.5. The fraction of sp³-hybridized carbons (Fsp3) is 0.143. The number of halogens is 2. The summed E-state index contributed by atoms with van der Waals surface area (Å²) in [4.78, 5) is 10.5. The fourth-order valence-electron chi connectivity index (χ4n) is 1.96. The molecule has 20 heavy (non-hydrogen) atoms. The largest absolute Gasteiger partial charge is 0.324 e. The number of para-hydroxylation sites is 1. The van der Waals surface area contributed by atoms with Crippen LogP contribution < -0.4 is 5.73 Å². The summed E-state index contributed by atoms with van der Waals surface area (Å²) in [6, 6.07) is 10.5. The van der Waals surface area contributed by atoms with Crippen LogP contribution in [0.25, 0.3) is 0 Å². The van der Waals surface area contributed by atoms with Crippen LogP contribution in [-0.4, -0.2) is 4.92 Å². The third-order valence-corrected chi connectivity index (χ3v) is 3.64. The molecule has 0 spiro atoms. The Labute approximate surface area is 123 Å². The second-order valence-electron chi connectivity index (χ2n) is 4.37. The summed E-state index contributed by atoms with van der Waals surface area (Å²) in [5.74, 6) is -0.402. The van der Waals surface area contributed by atoms with Crippen molar-refractivity contribution in [2.24, 2.45) is 5.73 Å². The lowest BCUT2D eigenvalue weighted by atomic mass is 9.98. The Balaban J connectivity index is 2.25. The highest BCUT2D eigenvalue weighted by Crippen LogP contribution is 2.25. The zero-order valence-electron chi connectivity index (χ0n) is 10.4. The van der Waals surface area contributed by atoms with Crippen molar-refractivity contribution < 1.29 is 9.31 Å². The van der Waals surface area contributed by atoms with E-state index in [9.17, 15) is 14.5 Å². The molecule has 0 saturated carbocycles. The molecule has 104 valence electrons. The summed E-state index contributed by atoms with van der Waals surface area (Å²) in [5, 5.41) is 10.9. The molecule has 2 aromatic carbocycles. The molecule has 0 fully saturated rings. The van der Waals surface area contributed by atoms with Crippen LogP contribution in [-0.2, 0) is 6.42 Å². The molecule has 0 bridgehead atoms. The smallest absolute Gasteiger partial charge is 0.272 e. The summed E-state index contributed by atoms with van der Waals surface area (Å²) in [6.07, 6.45) is 0.276. The molecule has 0 heterocycles. The van der Waals surface area contributed by atoms with Crippen molar-refractivity contribution in [3.8, 4) is 0 Å². The molecule has 0 aliphatic rings. The number of nitrogens with zero attached hydrogens (tertiary/aromatic N) is 1. The number of hydrogen-bond donors (Lipinski definition) is 1. The van der Waals surface area contributed by atoms with Crippen LogP contribution in [0.1, 0.15) is 17.2 Å². The van der Waals surface area contributed by atoms with Gasteiger partial charge >= 0.3 is 0 Å². The summed E-state index contributed by atoms with van der Waals surface area (Å²) in [6.45, 7) is 0. The lowest BCUT2D eigenvalue weighted by Gasteiger charge is -2.12. The second kappa shape index (κ2) is 6.11. The Morgan fingerprint density at radius 2 is 2.00 bits per heavy atom. The van der Waals surface area contributed by atoms with E-state index in [-0.39, 0.29) is 12.1 Å². The molecule has 0 saturated heterocycles. The van der Waals surface area contributed by atoms with Crippen molar-refractivity contribution in [3.05, 3.63) is 74.0 Å². The Morgan fingerprint density at radius 3 is 2.65 bits per heavy atom. The van der Waals surface area contributed by atoms with Crippen LogP contribution in [0.3, 0.4) is 0 Å². The van der Waals surface area contributed by atoms with E-state index in [0.29, 0.717) is 15.6 Å². The molecule has 2 N–H and O–H groups in total. The molecule has 1 atom stereocenters. The minimum atomic E-state index is -0.501. The standard InChI is InChI=1S/C14H12BrFN2O2/c15-11-6-5-9(7-12(11)16)13(17)8-10-3-1-2-4-14(10)18(19)20/h1-7,13H,8,17H2. The Hall–Kier alpha value is -1.79. The Kier molecular flexibility index (Phi) is 4.46. The van der Waals surface area contributed by atoms with E-state index in [1.807, 2.05) is 0 Å². The zero-order valence-corrected chi connectivity index (χ0v) is 12.0. The third-order valence-electron chi connectivity index (χ3n) is 3.00.